The summed E-state index contributed by atoms with van der Waals surface area (Å²) in [6.45, 7) is 0.665. The number of halogens is 5. The van der Waals surface area contributed by atoms with Crippen LogP contribution in [-0.4, -0.2) is 19.5 Å². The van der Waals surface area contributed by atoms with E-state index in [0.717, 1.165) is 11.6 Å². The molecule has 3 heterocycles. The van der Waals surface area contributed by atoms with E-state index in [2.05, 4.69) is 15.1 Å². The Balaban J connectivity index is 1.59. The Morgan fingerprint density at radius 1 is 1.20 bits per heavy atom. The van der Waals surface area contributed by atoms with Crippen LogP contribution in [0.2, 0.25) is 5.02 Å². The van der Waals surface area contributed by atoms with Gasteiger partial charge in [-0.25, -0.2) is 9.44 Å². The van der Waals surface area contributed by atoms with Crippen molar-refractivity contribution in [2.75, 3.05) is 4.90 Å². The second kappa shape index (κ2) is 8.27. The Hall–Kier alpha value is -1.98. The van der Waals surface area contributed by atoms with Crippen molar-refractivity contribution in [3.63, 3.8) is 0 Å². The lowest BCUT2D eigenvalue weighted by Crippen LogP contribution is -2.23. The van der Waals surface area contributed by atoms with Gasteiger partial charge in [-0.05, 0) is 34.2 Å². The van der Waals surface area contributed by atoms with Crippen molar-refractivity contribution in [3.8, 4) is 11.8 Å². The number of benzene rings is 1. The van der Waals surface area contributed by atoms with E-state index in [-0.39, 0.29) is 29.7 Å². The molecule has 0 fully saturated rings. The molecule has 1 aromatic carbocycles. The van der Waals surface area contributed by atoms with Crippen LogP contribution in [0, 0.1) is 0 Å². The van der Waals surface area contributed by atoms with Crippen LogP contribution in [0.25, 0.3) is 0 Å². The summed E-state index contributed by atoms with van der Waals surface area (Å²) in [5.41, 5.74) is 0.472. The molecule has 7 nitrogen and oxygen atoms in total. The Labute approximate surface area is 187 Å². The first-order valence-corrected chi connectivity index (χ1v) is 12.8. The predicted molar refractivity (Wildman–Crippen MR) is 115 cm³/mol. The summed E-state index contributed by atoms with van der Waals surface area (Å²) in [6, 6.07) is 4.66. The molecule has 4 rings (SSSR count). The zero-order chi connectivity index (χ0) is 21.5. The number of fused-ring (bicyclic) bond motifs is 1. The molecule has 0 saturated heterocycles. The fourth-order valence-electron chi connectivity index (χ4n) is 2.95. The molecule has 0 amide bonds. The van der Waals surface area contributed by atoms with Crippen molar-refractivity contribution in [3.05, 3.63) is 68.9 Å². The van der Waals surface area contributed by atoms with Crippen molar-refractivity contribution in [2.24, 2.45) is 0 Å². The van der Waals surface area contributed by atoms with Crippen molar-refractivity contribution in [2.45, 2.75) is 19.3 Å². The summed E-state index contributed by atoms with van der Waals surface area (Å²) in [5, 5.41) is 4.13. The number of nitrogens with zero attached hydrogens (tertiary/aromatic N) is 5. The zero-order valence-corrected chi connectivity index (χ0v) is 18.7. The SMILES string of the molecule is O=c1c(Cl)c(N2Cc3cnc(Oc4ccccc4C(F)(F)F)nc3C2)cnn1PI. The quantitative estimate of drug-likeness (QED) is 0.333. The maximum absolute atomic E-state index is 13.2. The first-order valence-electron chi connectivity index (χ1n) is 8.36. The predicted octanol–water partition coefficient (Wildman–Crippen LogP) is 4.81. The highest BCUT2D eigenvalue weighted by Crippen LogP contribution is 2.38. The molecule has 1 unspecified atom stereocenters. The van der Waals surface area contributed by atoms with Crippen molar-refractivity contribution in [1.29, 1.82) is 0 Å². The molecule has 2 aromatic heterocycles. The van der Waals surface area contributed by atoms with E-state index in [0.29, 0.717) is 17.9 Å². The molecule has 0 saturated carbocycles. The van der Waals surface area contributed by atoms with Gasteiger partial charge in [0.1, 0.15) is 10.8 Å². The first kappa shape index (κ1) is 21.3. The van der Waals surface area contributed by atoms with Crippen LogP contribution in [0.4, 0.5) is 18.9 Å². The van der Waals surface area contributed by atoms with E-state index < -0.39 is 17.3 Å². The van der Waals surface area contributed by atoms with E-state index in [9.17, 15) is 18.0 Å². The molecular weight excluding hydrogens is 557 g/mol. The van der Waals surface area contributed by atoms with Crippen LogP contribution in [0.3, 0.4) is 0 Å². The summed E-state index contributed by atoms with van der Waals surface area (Å²) in [6.07, 6.45) is -1.45. The average molecular weight is 568 g/mol. The molecule has 0 aliphatic carbocycles. The van der Waals surface area contributed by atoms with E-state index in [1.807, 2.05) is 22.0 Å². The lowest BCUT2D eigenvalue weighted by molar-refractivity contribution is -0.138. The normalized spacial score (nSPS) is 13.8. The summed E-state index contributed by atoms with van der Waals surface area (Å²) >= 11 is 8.25. The minimum absolute atomic E-state index is 0.0468. The Morgan fingerprint density at radius 3 is 2.70 bits per heavy atom. The molecule has 3 aromatic rings. The molecule has 30 heavy (non-hydrogen) atoms. The number of hydrogen-bond acceptors (Lipinski definition) is 6. The topological polar surface area (TPSA) is 73.1 Å². The highest BCUT2D eigenvalue weighted by atomic mass is 127. The summed E-state index contributed by atoms with van der Waals surface area (Å²) in [7, 11) is 0. The molecule has 0 bridgehead atoms. The minimum atomic E-state index is -4.56. The van der Waals surface area contributed by atoms with Gasteiger partial charge in [0, 0.05) is 18.3 Å². The summed E-state index contributed by atoms with van der Waals surface area (Å²) in [4.78, 5) is 22.3. The van der Waals surface area contributed by atoms with Gasteiger partial charge in [0.15, 0.2) is 0 Å². The molecule has 13 heteroatoms. The van der Waals surface area contributed by atoms with E-state index in [4.69, 9.17) is 16.3 Å². The van der Waals surface area contributed by atoms with Crippen LogP contribution in [0.5, 0.6) is 11.8 Å². The zero-order valence-electron chi connectivity index (χ0n) is 14.8. The minimum Gasteiger partial charge on any atom is -0.424 e. The molecule has 1 aliphatic heterocycles. The molecule has 0 N–H and O–H groups in total. The molecule has 1 atom stereocenters. The van der Waals surface area contributed by atoms with Crippen LogP contribution < -0.4 is 15.2 Å². The fourth-order valence-corrected chi connectivity index (χ4v) is 4.59. The third-order valence-electron chi connectivity index (χ3n) is 4.35. The number of ether oxygens (including phenoxy) is 1. The molecule has 0 radical (unpaired) electrons. The van der Waals surface area contributed by atoms with Gasteiger partial charge in [0.25, 0.3) is 5.56 Å². The number of hydrogen-bond donors (Lipinski definition) is 0. The maximum Gasteiger partial charge on any atom is 0.419 e. The summed E-state index contributed by atoms with van der Waals surface area (Å²) in [5.74, 6) is -0.379. The fraction of sp³-hybridized carbons (Fsp3) is 0.176. The lowest BCUT2D eigenvalue weighted by Gasteiger charge is -2.18. The molecule has 1 aliphatic rings. The van der Waals surface area contributed by atoms with Crippen molar-refractivity contribution >= 4 is 45.7 Å². The van der Waals surface area contributed by atoms with Crippen LogP contribution >= 0.6 is 40.0 Å². The van der Waals surface area contributed by atoms with Crippen molar-refractivity contribution < 1.29 is 17.9 Å². The smallest absolute Gasteiger partial charge is 0.419 e. The third kappa shape index (κ3) is 4.10. The van der Waals surface area contributed by atoms with Gasteiger partial charge in [0.2, 0.25) is 0 Å². The first-order chi connectivity index (χ1) is 14.3. The number of aromatic nitrogens is 4. The van der Waals surface area contributed by atoms with Gasteiger partial charge in [-0.2, -0.15) is 23.3 Å². The van der Waals surface area contributed by atoms with Gasteiger partial charge >= 0.3 is 12.2 Å². The number of rotatable bonds is 4. The monoisotopic (exact) mass is 567 g/mol. The van der Waals surface area contributed by atoms with Crippen LogP contribution in [-0.2, 0) is 19.3 Å². The van der Waals surface area contributed by atoms with E-state index in [1.54, 1.807) is 4.90 Å². The highest BCUT2D eigenvalue weighted by Gasteiger charge is 2.34. The van der Waals surface area contributed by atoms with Gasteiger partial charge in [-0.1, -0.05) is 23.7 Å². The van der Waals surface area contributed by atoms with E-state index >= 15 is 0 Å². The Bertz CT molecular complexity index is 1180. The highest BCUT2D eigenvalue weighted by molar-refractivity contribution is 14.2. The third-order valence-corrected chi connectivity index (χ3v) is 6.55. The number of alkyl halides is 3. The van der Waals surface area contributed by atoms with Gasteiger partial charge in [-0.15, -0.1) is 0 Å². The maximum atomic E-state index is 13.2. The second-order valence-electron chi connectivity index (χ2n) is 6.22. The Morgan fingerprint density at radius 2 is 1.97 bits per heavy atom. The van der Waals surface area contributed by atoms with Crippen molar-refractivity contribution in [1.82, 2.24) is 19.5 Å². The molecule has 0 spiro atoms. The lowest BCUT2D eigenvalue weighted by atomic mass is 10.2. The molecular formula is C17H11ClF3IN5O2P. The van der Waals surface area contributed by atoms with Crippen LogP contribution in [0.1, 0.15) is 16.8 Å². The van der Waals surface area contributed by atoms with Gasteiger partial charge < -0.3 is 9.64 Å². The van der Waals surface area contributed by atoms with Gasteiger partial charge in [0.05, 0.1) is 36.1 Å². The Kier molecular flexibility index (Phi) is 5.86. The van der Waals surface area contributed by atoms with Crippen LogP contribution in [0.15, 0.2) is 41.5 Å². The van der Waals surface area contributed by atoms with Gasteiger partial charge in [-0.3, -0.25) is 4.79 Å². The second-order valence-corrected chi connectivity index (χ2v) is 8.64. The number of para-hydroxylation sites is 1. The van der Waals surface area contributed by atoms with E-state index in [1.165, 1.54) is 35.0 Å². The standard InChI is InChI=1S/C17H11ClF3IN5O2P/c18-14-12(6-24-27(30-22)15(14)28)26-7-9-5-23-16(25-11(9)8-26)29-13-4-2-1-3-10(13)17(19,20)21/h1-6,30H,7-8H2. The molecule has 156 valence electrons. The number of anilines is 1. The summed E-state index contributed by atoms with van der Waals surface area (Å²) < 4.78 is 46.1. The largest absolute Gasteiger partial charge is 0.424 e. The average Bonchev–Trinajstić information content (AvgIpc) is 3.12.